The molecule has 3 N–H and O–H groups in total. The van der Waals surface area contributed by atoms with Gasteiger partial charge in [-0.1, -0.05) is 49.4 Å². The minimum atomic E-state index is -3.84. The number of aliphatic hydroxyl groups is 1. The molecule has 5 rings (SSSR count). The van der Waals surface area contributed by atoms with Gasteiger partial charge in [-0.3, -0.25) is 9.52 Å². The predicted molar refractivity (Wildman–Crippen MR) is 168 cm³/mol. The van der Waals surface area contributed by atoms with Crippen LogP contribution in [-0.2, 0) is 10.0 Å². The fourth-order valence-electron chi connectivity index (χ4n) is 5.02. The van der Waals surface area contributed by atoms with Crippen molar-refractivity contribution >= 4 is 55.4 Å². The predicted octanol–water partition coefficient (Wildman–Crippen LogP) is 5.09. The van der Waals surface area contributed by atoms with E-state index in [4.69, 9.17) is 4.74 Å². The van der Waals surface area contributed by atoms with E-state index >= 15 is 0 Å². The summed E-state index contributed by atoms with van der Waals surface area (Å²) in [4.78, 5) is 30.1. The lowest BCUT2D eigenvalue weighted by molar-refractivity contribution is 0.0371. The average Bonchev–Trinajstić information content (AvgIpc) is 3.55. The van der Waals surface area contributed by atoms with E-state index in [-0.39, 0.29) is 58.8 Å². The number of hydrogen-bond donors (Lipinski definition) is 3. The van der Waals surface area contributed by atoms with Crippen LogP contribution in [0.15, 0.2) is 82.4 Å². The average molecular weight is 623 g/mol. The molecule has 226 valence electrons. The number of urea groups is 1. The highest BCUT2D eigenvalue weighted by Gasteiger charge is 2.34. The summed E-state index contributed by atoms with van der Waals surface area (Å²) >= 11 is 1.09. The Bertz CT molecular complexity index is 1720. The van der Waals surface area contributed by atoms with Crippen molar-refractivity contribution in [1.82, 2.24) is 9.80 Å². The Morgan fingerprint density at radius 3 is 2.65 bits per heavy atom. The van der Waals surface area contributed by atoms with Crippen molar-refractivity contribution in [3.63, 3.8) is 0 Å². The zero-order valence-electron chi connectivity index (χ0n) is 24.1. The second kappa shape index (κ2) is 12.6. The Kier molecular flexibility index (Phi) is 8.90. The van der Waals surface area contributed by atoms with Gasteiger partial charge in [0.1, 0.15) is 16.1 Å². The summed E-state index contributed by atoms with van der Waals surface area (Å²) in [5.41, 5.74) is 1.06. The number of sulfonamides is 1. The van der Waals surface area contributed by atoms with Crippen molar-refractivity contribution in [2.24, 2.45) is 5.92 Å². The topological polar surface area (TPSA) is 128 Å². The number of hydrogen-bond acceptors (Lipinski definition) is 7. The third kappa shape index (κ3) is 6.61. The molecule has 3 atom stereocenters. The first-order chi connectivity index (χ1) is 20.6. The number of fused-ring (bicyclic) bond motifs is 2. The molecule has 0 unspecified atom stereocenters. The number of benzene rings is 3. The van der Waals surface area contributed by atoms with Crippen LogP contribution in [0.4, 0.5) is 16.2 Å². The van der Waals surface area contributed by atoms with E-state index in [0.717, 1.165) is 22.1 Å². The van der Waals surface area contributed by atoms with E-state index in [1.165, 1.54) is 23.1 Å². The SMILES string of the molecule is C[C@H](CO)N1C[C@H](C)[C@@H](CN(C)C(=O)Nc2cccc3ccccc23)Oc2ccc(NS(=O)(=O)c3cccs3)cc2C1=O. The van der Waals surface area contributed by atoms with Crippen LogP contribution in [-0.4, -0.2) is 74.2 Å². The molecule has 4 aromatic rings. The molecule has 0 aliphatic carbocycles. The zero-order valence-corrected chi connectivity index (χ0v) is 25.7. The van der Waals surface area contributed by atoms with E-state index in [1.807, 2.05) is 49.4 Å². The molecule has 0 fully saturated rings. The van der Waals surface area contributed by atoms with Crippen molar-refractivity contribution in [2.45, 2.75) is 30.2 Å². The van der Waals surface area contributed by atoms with E-state index < -0.39 is 22.2 Å². The number of nitrogens with zero attached hydrogens (tertiary/aromatic N) is 2. The lowest BCUT2D eigenvalue weighted by atomic mass is 9.99. The summed E-state index contributed by atoms with van der Waals surface area (Å²) in [5, 5.41) is 16.5. The van der Waals surface area contributed by atoms with Gasteiger partial charge in [-0.15, -0.1) is 11.3 Å². The number of rotatable bonds is 8. The van der Waals surface area contributed by atoms with E-state index in [0.29, 0.717) is 5.69 Å². The highest BCUT2D eigenvalue weighted by molar-refractivity contribution is 7.94. The van der Waals surface area contributed by atoms with Crippen molar-refractivity contribution < 1.29 is 27.9 Å². The number of amides is 3. The van der Waals surface area contributed by atoms with Gasteiger partial charge in [-0.25, -0.2) is 13.2 Å². The molecule has 1 aliphatic heterocycles. The third-order valence-corrected chi connectivity index (χ3v) is 10.3. The van der Waals surface area contributed by atoms with Crippen LogP contribution in [0.2, 0.25) is 0 Å². The molecule has 3 amide bonds. The van der Waals surface area contributed by atoms with Gasteiger partial charge in [-0.05, 0) is 48.0 Å². The molecule has 0 saturated carbocycles. The fraction of sp³-hybridized carbons (Fsp3) is 0.290. The second-order valence-electron chi connectivity index (χ2n) is 10.7. The largest absolute Gasteiger partial charge is 0.487 e. The molecular formula is C31H34N4O6S2. The fourth-order valence-corrected chi connectivity index (χ4v) is 7.07. The van der Waals surface area contributed by atoms with Crippen molar-refractivity contribution in [1.29, 1.82) is 0 Å². The van der Waals surface area contributed by atoms with Gasteiger partial charge in [0.2, 0.25) is 0 Å². The van der Waals surface area contributed by atoms with E-state index in [2.05, 4.69) is 10.0 Å². The Balaban J connectivity index is 1.40. The molecule has 2 heterocycles. The first-order valence-corrected chi connectivity index (χ1v) is 16.2. The zero-order chi connectivity index (χ0) is 30.7. The minimum absolute atomic E-state index is 0.149. The number of thiophene rings is 1. The monoisotopic (exact) mass is 622 g/mol. The van der Waals surface area contributed by atoms with Gasteiger partial charge in [0, 0.05) is 30.6 Å². The van der Waals surface area contributed by atoms with Gasteiger partial charge in [0.05, 0.1) is 30.4 Å². The van der Waals surface area contributed by atoms with Crippen LogP contribution in [0.3, 0.4) is 0 Å². The lowest BCUT2D eigenvalue weighted by Crippen LogP contribution is -2.50. The number of anilines is 2. The Morgan fingerprint density at radius 2 is 1.91 bits per heavy atom. The van der Waals surface area contributed by atoms with Gasteiger partial charge >= 0.3 is 6.03 Å². The summed E-state index contributed by atoms with van der Waals surface area (Å²) < 4.78 is 34.7. The maximum atomic E-state index is 13.7. The summed E-state index contributed by atoms with van der Waals surface area (Å²) in [6.45, 7) is 3.89. The van der Waals surface area contributed by atoms with Crippen molar-refractivity contribution in [2.75, 3.05) is 36.8 Å². The third-order valence-electron chi connectivity index (χ3n) is 7.51. The van der Waals surface area contributed by atoms with E-state index in [9.17, 15) is 23.1 Å². The Morgan fingerprint density at radius 1 is 1.14 bits per heavy atom. The number of nitrogens with one attached hydrogen (secondary N) is 2. The van der Waals surface area contributed by atoms with E-state index in [1.54, 1.807) is 36.4 Å². The molecule has 0 spiro atoms. The summed E-state index contributed by atoms with van der Waals surface area (Å²) in [7, 11) is -2.16. The van der Waals surface area contributed by atoms with Crippen molar-refractivity contribution in [3.8, 4) is 5.75 Å². The molecule has 10 nitrogen and oxygen atoms in total. The lowest BCUT2D eigenvalue weighted by Gasteiger charge is -2.38. The van der Waals surface area contributed by atoms with Crippen LogP contribution >= 0.6 is 11.3 Å². The first-order valence-electron chi connectivity index (χ1n) is 13.9. The van der Waals surface area contributed by atoms with Gasteiger partial charge in [0.25, 0.3) is 15.9 Å². The van der Waals surface area contributed by atoms with Crippen LogP contribution in [0.5, 0.6) is 5.75 Å². The molecule has 1 aliphatic rings. The van der Waals surface area contributed by atoms with Crippen LogP contribution < -0.4 is 14.8 Å². The van der Waals surface area contributed by atoms with Crippen molar-refractivity contribution in [3.05, 3.63) is 83.7 Å². The number of likely N-dealkylation sites (N-methyl/N-ethyl adjacent to an activating group) is 1. The molecule has 3 aromatic carbocycles. The summed E-state index contributed by atoms with van der Waals surface area (Å²) in [6.07, 6.45) is -0.517. The smallest absolute Gasteiger partial charge is 0.321 e. The quantitative estimate of drug-likeness (QED) is 0.251. The maximum absolute atomic E-state index is 13.7. The van der Waals surface area contributed by atoms with Gasteiger partial charge in [0.15, 0.2) is 0 Å². The molecule has 0 radical (unpaired) electrons. The summed E-state index contributed by atoms with van der Waals surface area (Å²) in [5.74, 6) is -0.337. The molecular weight excluding hydrogens is 588 g/mol. The molecule has 12 heteroatoms. The summed E-state index contributed by atoms with van der Waals surface area (Å²) in [6, 6.07) is 20.4. The minimum Gasteiger partial charge on any atom is -0.487 e. The van der Waals surface area contributed by atoms with Gasteiger partial charge in [-0.2, -0.15) is 0 Å². The maximum Gasteiger partial charge on any atom is 0.321 e. The Labute approximate surface area is 254 Å². The molecule has 0 saturated heterocycles. The number of carbonyl (C=O) groups is 2. The Hall–Kier alpha value is -4.13. The van der Waals surface area contributed by atoms with Crippen LogP contribution in [0, 0.1) is 5.92 Å². The molecule has 0 bridgehead atoms. The molecule has 43 heavy (non-hydrogen) atoms. The highest BCUT2D eigenvalue weighted by Crippen LogP contribution is 2.32. The first kappa shape index (κ1) is 30.3. The van der Waals surface area contributed by atoms with Crippen LogP contribution in [0.1, 0.15) is 24.2 Å². The normalized spacial score (nSPS) is 17.8. The standard InChI is InChI=1S/C31H34N4O6S2/c1-20-17-35(21(2)19-36)30(37)25-16-23(33-43(39,40)29-12-7-15-42-29)13-14-27(25)41-28(20)18-34(3)31(38)32-26-11-6-9-22-8-4-5-10-24(22)26/h4-16,20-21,28,33,36H,17-19H2,1-3H3,(H,32,38)/t20-,21+,28+/m0/s1. The highest BCUT2D eigenvalue weighted by atomic mass is 32.2. The molecule has 1 aromatic heterocycles. The van der Waals surface area contributed by atoms with Gasteiger partial charge < -0.3 is 25.0 Å². The van der Waals surface area contributed by atoms with Crippen LogP contribution in [0.25, 0.3) is 10.8 Å². The number of ether oxygens (including phenoxy) is 1. The second-order valence-corrected chi connectivity index (χ2v) is 13.6. The number of aliphatic hydroxyl groups excluding tert-OH is 1. The number of carbonyl (C=O) groups excluding carboxylic acids is 2.